The number of benzene rings is 1. The third kappa shape index (κ3) is 4.51. The molecule has 2 rings (SSSR count). The van der Waals surface area contributed by atoms with Gasteiger partial charge in [-0.1, -0.05) is 26.0 Å². The fraction of sp³-hybridized carbons (Fsp3) is 0.625. The molecular weight excluding hydrogens is 254 g/mol. The van der Waals surface area contributed by atoms with E-state index < -0.39 is 0 Å². The maximum absolute atomic E-state index is 5.66. The number of thioether (sulfide) groups is 1. The van der Waals surface area contributed by atoms with Crippen molar-refractivity contribution in [3.8, 4) is 0 Å². The van der Waals surface area contributed by atoms with E-state index in [0.29, 0.717) is 12.1 Å². The van der Waals surface area contributed by atoms with E-state index in [9.17, 15) is 0 Å². The van der Waals surface area contributed by atoms with Crippen molar-refractivity contribution in [2.45, 2.75) is 50.2 Å². The van der Waals surface area contributed by atoms with Crippen LogP contribution in [0.3, 0.4) is 0 Å². The summed E-state index contributed by atoms with van der Waals surface area (Å²) in [6, 6.07) is 9.50. The van der Waals surface area contributed by atoms with Gasteiger partial charge in [0.2, 0.25) is 0 Å². The van der Waals surface area contributed by atoms with Crippen molar-refractivity contribution in [3.05, 3.63) is 29.8 Å². The Hall–Kier alpha value is -0.510. The zero-order valence-electron chi connectivity index (χ0n) is 12.0. The Labute approximate surface area is 121 Å². The Morgan fingerprint density at radius 3 is 2.68 bits per heavy atom. The minimum Gasteiger partial charge on any atom is -0.377 e. The summed E-state index contributed by atoms with van der Waals surface area (Å²) in [6.45, 7) is 6.36. The van der Waals surface area contributed by atoms with Crippen molar-refractivity contribution in [1.82, 2.24) is 5.32 Å². The molecule has 1 N–H and O–H groups in total. The third-order valence-corrected chi connectivity index (χ3v) is 4.75. The summed E-state index contributed by atoms with van der Waals surface area (Å²) in [5, 5.41) is 3.52. The lowest BCUT2D eigenvalue weighted by atomic mass is 10.1. The van der Waals surface area contributed by atoms with Gasteiger partial charge in [0, 0.05) is 23.3 Å². The van der Waals surface area contributed by atoms with Gasteiger partial charge < -0.3 is 10.1 Å². The second-order valence-corrected chi connectivity index (χ2v) is 6.13. The average molecular weight is 279 g/mol. The van der Waals surface area contributed by atoms with Crippen molar-refractivity contribution < 1.29 is 4.74 Å². The molecule has 0 radical (unpaired) electrons. The molecule has 19 heavy (non-hydrogen) atoms. The number of nitrogens with one attached hydrogen (secondary N) is 1. The zero-order chi connectivity index (χ0) is 13.5. The van der Waals surface area contributed by atoms with Crippen LogP contribution in [0.5, 0.6) is 0 Å². The summed E-state index contributed by atoms with van der Waals surface area (Å²) >= 11 is 1.91. The molecule has 0 aliphatic carbocycles. The minimum absolute atomic E-state index is 0.467. The lowest BCUT2D eigenvalue weighted by Crippen LogP contribution is -2.19. The van der Waals surface area contributed by atoms with E-state index in [0.717, 1.165) is 25.3 Å². The smallest absolute Gasteiger partial charge is 0.0669 e. The standard InChI is InChI=1S/C16H25NOS/c1-3-16(17-4-2)13-7-9-15(10-8-13)19-12-14-6-5-11-18-14/h7-10,14,16-17H,3-6,11-12H2,1-2H3. The summed E-state index contributed by atoms with van der Waals surface area (Å²) < 4.78 is 5.66. The van der Waals surface area contributed by atoms with Gasteiger partial charge in [-0.05, 0) is 43.5 Å². The van der Waals surface area contributed by atoms with Crippen LogP contribution in [0.25, 0.3) is 0 Å². The fourth-order valence-corrected chi connectivity index (χ4v) is 3.48. The summed E-state index contributed by atoms with van der Waals surface area (Å²) in [5.41, 5.74) is 1.39. The summed E-state index contributed by atoms with van der Waals surface area (Å²) in [6.07, 6.45) is 4.06. The Bertz CT molecular complexity index is 360. The summed E-state index contributed by atoms with van der Waals surface area (Å²) in [5.74, 6) is 1.09. The van der Waals surface area contributed by atoms with Gasteiger partial charge >= 0.3 is 0 Å². The molecule has 1 aliphatic rings. The molecule has 0 bridgehead atoms. The van der Waals surface area contributed by atoms with E-state index in [1.807, 2.05) is 11.8 Å². The van der Waals surface area contributed by atoms with Gasteiger partial charge in [0.1, 0.15) is 0 Å². The maximum Gasteiger partial charge on any atom is 0.0669 e. The van der Waals surface area contributed by atoms with E-state index >= 15 is 0 Å². The molecule has 106 valence electrons. The number of rotatable bonds is 7. The first-order chi connectivity index (χ1) is 9.33. The second kappa shape index (κ2) is 7.93. The van der Waals surface area contributed by atoms with E-state index in [4.69, 9.17) is 4.74 Å². The quantitative estimate of drug-likeness (QED) is 0.762. The van der Waals surface area contributed by atoms with Crippen LogP contribution < -0.4 is 5.32 Å². The van der Waals surface area contributed by atoms with Crippen LogP contribution in [0, 0.1) is 0 Å². The minimum atomic E-state index is 0.467. The third-order valence-electron chi connectivity index (χ3n) is 3.60. The van der Waals surface area contributed by atoms with Crippen molar-refractivity contribution in [3.63, 3.8) is 0 Å². The molecule has 0 amide bonds. The highest BCUT2D eigenvalue weighted by Gasteiger charge is 2.15. The molecule has 2 atom stereocenters. The molecule has 2 nitrogen and oxygen atoms in total. The van der Waals surface area contributed by atoms with Crippen LogP contribution in [0.15, 0.2) is 29.2 Å². The van der Waals surface area contributed by atoms with E-state index in [-0.39, 0.29) is 0 Å². The van der Waals surface area contributed by atoms with Crippen LogP contribution in [-0.4, -0.2) is 25.0 Å². The van der Waals surface area contributed by atoms with Gasteiger partial charge in [0.05, 0.1) is 6.10 Å². The zero-order valence-corrected chi connectivity index (χ0v) is 12.8. The molecule has 0 spiro atoms. The van der Waals surface area contributed by atoms with Gasteiger partial charge in [-0.3, -0.25) is 0 Å². The predicted molar refractivity (Wildman–Crippen MR) is 82.8 cm³/mol. The fourth-order valence-electron chi connectivity index (χ4n) is 2.51. The van der Waals surface area contributed by atoms with Crippen LogP contribution in [0.1, 0.15) is 44.7 Å². The molecule has 1 fully saturated rings. The lowest BCUT2D eigenvalue weighted by molar-refractivity contribution is 0.129. The van der Waals surface area contributed by atoms with Crippen molar-refractivity contribution in [2.24, 2.45) is 0 Å². The normalized spacial score (nSPS) is 20.6. The first-order valence-corrected chi connectivity index (χ1v) is 8.39. The van der Waals surface area contributed by atoms with Crippen molar-refractivity contribution in [2.75, 3.05) is 18.9 Å². The Morgan fingerprint density at radius 1 is 1.32 bits per heavy atom. The van der Waals surface area contributed by atoms with Crippen LogP contribution in [0.2, 0.25) is 0 Å². The second-order valence-electron chi connectivity index (χ2n) is 5.03. The van der Waals surface area contributed by atoms with Gasteiger partial charge in [0.25, 0.3) is 0 Å². The van der Waals surface area contributed by atoms with Crippen LogP contribution in [-0.2, 0) is 4.74 Å². The number of hydrogen-bond acceptors (Lipinski definition) is 3. The topological polar surface area (TPSA) is 21.3 Å². The van der Waals surface area contributed by atoms with E-state index in [1.54, 1.807) is 0 Å². The Kier molecular flexibility index (Phi) is 6.21. The molecule has 3 heteroatoms. The molecule has 1 aromatic rings. The lowest BCUT2D eigenvalue weighted by Gasteiger charge is -2.16. The number of hydrogen-bond donors (Lipinski definition) is 1. The highest BCUT2D eigenvalue weighted by molar-refractivity contribution is 7.99. The van der Waals surface area contributed by atoms with Gasteiger partial charge in [-0.2, -0.15) is 0 Å². The highest BCUT2D eigenvalue weighted by atomic mass is 32.2. The summed E-state index contributed by atoms with van der Waals surface area (Å²) in [7, 11) is 0. The predicted octanol–water partition coefficient (Wildman–Crippen LogP) is 4.02. The molecule has 1 saturated heterocycles. The molecule has 0 saturated carbocycles. The van der Waals surface area contributed by atoms with E-state index in [2.05, 4.69) is 43.4 Å². The molecule has 2 unspecified atom stereocenters. The molecule has 1 aliphatic heterocycles. The van der Waals surface area contributed by atoms with Crippen LogP contribution in [0.4, 0.5) is 0 Å². The monoisotopic (exact) mass is 279 g/mol. The van der Waals surface area contributed by atoms with Gasteiger partial charge in [-0.25, -0.2) is 0 Å². The highest BCUT2D eigenvalue weighted by Crippen LogP contribution is 2.25. The number of ether oxygens (including phenoxy) is 1. The Morgan fingerprint density at radius 2 is 2.11 bits per heavy atom. The SMILES string of the molecule is CCNC(CC)c1ccc(SCC2CCCO2)cc1. The molecular formula is C16H25NOS. The summed E-state index contributed by atoms with van der Waals surface area (Å²) in [4.78, 5) is 1.35. The van der Waals surface area contributed by atoms with Crippen LogP contribution >= 0.6 is 11.8 Å². The Balaban J connectivity index is 1.86. The van der Waals surface area contributed by atoms with Crippen molar-refractivity contribution in [1.29, 1.82) is 0 Å². The average Bonchev–Trinajstić information content (AvgIpc) is 2.96. The van der Waals surface area contributed by atoms with Gasteiger partial charge in [0.15, 0.2) is 0 Å². The van der Waals surface area contributed by atoms with Gasteiger partial charge in [-0.15, -0.1) is 11.8 Å². The molecule has 0 aromatic heterocycles. The van der Waals surface area contributed by atoms with Crippen molar-refractivity contribution >= 4 is 11.8 Å². The maximum atomic E-state index is 5.66. The molecule has 1 heterocycles. The van der Waals surface area contributed by atoms with E-state index in [1.165, 1.54) is 23.3 Å². The first-order valence-electron chi connectivity index (χ1n) is 7.41. The first kappa shape index (κ1) is 14.9. The molecule has 1 aromatic carbocycles. The largest absolute Gasteiger partial charge is 0.377 e.